The Morgan fingerprint density at radius 1 is 1.23 bits per heavy atom. The van der Waals surface area contributed by atoms with E-state index in [2.05, 4.69) is 9.97 Å². The van der Waals surface area contributed by atoms with Crippen LogP contribution >= 0.6 is 23.2 Å². The number of nitrogen functional groups attached to an aromatic ring is 1. The number of hydrogen-bond acceptors (Lipinski definition) is 4. The standard InChI is InChI=1S/C7H9Cl2N3O/c1-3(2)13-4-5(8)11-7(10)12-6(4)9/h3H,1-2H3,(H2,10,11,12). The molecule has 0 saturated heterocycles. The van der Waals surface area contributed by atoms with Crippen LogP contribution < -0.4 is 10.5 Å². The average molecular weight is 222 g/mol. The highest BCUT2D eigenvalue weighted by Crippen LogP contribution is 2.30. The lowest BCUT2D eigenvalue weighted by Crippen LogP contribution is -2.08. The Morgan fingerprint density at radius 3 is 2.08 bits per heavy atom. The Bertz CT molecular complexity index is 294. The topological polar surface area (TPSA) is 61.0 Å². The Hall–Kier alpha value is -0.740. The van der Waals surface area contributed by atoms with Gasteiger partial charge in [0.1, 0.15) is 0 Å². The van der Waals surface area contributed by atoms with E-state index in [1.165, 1.54) is 0 Å². The fourth-order valence-electron chi connectivity index (χ4n) is 0.746. The molecule has 1 rings (SSSR count). The summed E-state index contributed by atoms with van der Waals surface area (Å²) in [5, 5.41) is 0.261. The number of anilines is 1. The molecular weight excluding hydrogens is 213 g/mol. The normalized spacial score (nSPS) is 10.5. The summed E-state index contributed by atoms with van der Waals surface area (Å²) in [6.07, 6.45) is -0.0396. The molecule has 72 valence electrons. The van der Waals surface area contributed by atoms with Crippen molar-refractivity contribution in [2.24, 2.45) is 0 Å². The molecule has 0 aromatic carbocycles. The first-order valence-electron chi connectivity index (χ1n) is 3.66. The van der Waals surface area contributed by atoms with Gasteiger partial charge in [0.15, 0.2) is 16.1 Å². The highest BCUT2D eigenvalue weighted by Gasteiger charge is 2.12. The van der Waals surface area contributed by atoms with Crippen molar-refractivity contribution < 1.29 is 4.74 Å². The van der Waals surface area contributed by atoms with E-state index in [1.807, 2.05) is 13.8 Å². The maximum atomic E-state index is 5.74. The van der Waals surface area contributed by atoms with Crippen LogP contribution in [0.15, 0.2) is 0 Å². The SMILES string of the molecule is CC(C)Oc1c(Cl)nc(N)nc1Cl. The molecule has 0 unspecified atom stereocenters. The second-order valence-corrected chi connectivity index (χ2v) is 3.38. The molecule has 0 saturated carbocycles. The first-order valence-corrected chi connectivity index (χ1v) is 4.41. The lowest BCUT2D eigenvalue weighted by molar-refractivity contribution is 0.241. The molecule has 0 aliphatic heterocycles. The van der Waals surface area contributed by atoms with Crippen molar-refractivity contribution in [1.82, 2.24) is 9.97 Å². The number of nitrogens with two attached hydrogens (primary N) is 1. The molecule has 6 heteroatoms. The number of rotatable bonds is 2. The first-order chi connectivity index (χ1) is 6.00. The summed E-state index contributed by atoms with van der Waals surface area (Å²) in [7, 11) is 0. The Morgan fingerprint density at radius 2 is 1.69 bits per heavy atom. The molecular formula is C7H9Cl2N3O. The fraction of sp³-hybridized carbons (Fsp3) is 0.429. The van der Waals surface area contributed by atoms with Gasteiger partial charge in [-0.2, -0.15) is 9.97 Å². The van der Waals surface area contributed by atoms with E-state index in [1.54, 1.807) is 0 Å². The molecule has 0 radical (unpaired) electrons. The van der Waals surface area contributed by atoms with Crippen molar-refractivity contribution >= 4 is 29.2 Å². The zero-order valence-corrected chi connectivity index (χ0v) is 8.73. The molecule has 0 bridgehead atoms. The van der Waals surface area contributed by atoms with Crippen LogP contribution in [-0.4, -0.2) is 16.1 Å². The molecule has 1 heterocycles. The number of halogens is 2. The lowest BCUT2D eigenvalue weighted by atomic mass is 10.5. The number of aromatic nitrogens is 2. The zero-order chi connectivity index (χ0) is 10.0. The molecule has 4 nitrogen and oxygen atoms in total. The van der Waals surface area contributed by atoms with Gasteiger partial charge >= 0.3 is 0 Å². The van der Waals surface area contributed by atoms with Crippen LogP contribution in [0.5, 0.6) is 5.75 Å². The van der Waals surface area contributed by atoms with Crippen LogP contribution in [0.25, 0.3) is 0 Å². The summed E-state index contributed by atoms with van der Waals surface area (Å²) in [5.41, 5.74) is 5.31. The summed E-state index contributed by atoms with van der Waals surface area (Å²) in [4.78, 5) is 7.42. The average Bonchev–Trinajstić information content (AvgIpc) is 1.96. The van der Waals surface area contributed by atoms with E-state index in [0.717, 1.165) is 0 Å². The van der Waals surface area contributed by atoms with Gasteiger partial charge in [-0.25, -0.2) is 0 Å². The van der Waals surface area contributed by atoms with Crippen LogP contribution in [0.2, 0.25) is 10.3 Å². The summed E-state index contributed by atoms with van der Waals surface area (Å²) in [6.45, 7) is 3.70. The van der Waals surface area contributed by atoms with Crippen LogP contribution in [0, 0.1) is 0 Å². The second kappa shape index (κ2) is 3.98. The molecule has 0 aliphatic carbocycles. The third kappa shape index (κ3) is 2.60. The Labute approximate surface area is 86.0 Å². The van der Waals surface area contributed by atoms with Gasteiger partial charge in [-0.05, 0) is 13.8 Å². The smallest absolute Gasteiger partial charge is 0.223 e. The van der Waals surface area contributed by atoms with Crippen LogP contribution in [0.3, 0.4) is 0 Å². The molecule has 1 aromatic heterocycles. The Kier molecular flexibility index (Phi) is 3.17. The Balaban J connectivity index is 3.06. The van der Waals surface area contributed by atoms with E-state index in [0.29, 0.717) is 0 Å². The molecule has 2 N–H and O–H groups in total. The number of hydrogen-bond donors (Lipinski definition) is 1. The van der Waals surface area contributed by atoms with E-state index < -0.39 is 0 Å². The maximum Gasteiger partial charge on any atom is 0.223 e. The van der Waals surface area contributed by atoms with Crippen LogP contribution in [-0.2, 0) is 0 Å². The van der Waals surface area contributed by atoms with Crippen molar-refractivity contribution in [2.45, 2.75) is 20.0 Å². The van der Waals surface area contributed by atoms with Crippen molar-refractivity contribution in [2.75, 3.05) is 5.73 Å². The van der Waals surface area contributed by atoms with Gasteiger partial charge in [-0.15, -0.1) is 0 Å². The van der Waals surface area contributed by atoms with Crippen LogP contribution in [0.4, 0.5) is 5.95 Å². The zero-order valence-electron chi connectivity index (χ0n) is 7.21. The summed E-state index contributed by atoms with van der Waals surface area (Å²) in [5.74, 6) is 0.304. The third-order valence-corrected chi connectivity index (χ3v) is 1.67. The highest BCUT2D eigenvalue weighted by atomic mass is 35.5. The first kappa shape index (κ1) is 10.3. The van der Waals surface area contributed by atoms with Gasteiger partial charge in [0.2, 0.25) is 5.95 Å². The summed E-state index contributed by atoms with van der Waals surface area (Å²) >= 11 is 11.5. The van der Waals surface area contributed by atoms with Crippen molar-refractivity contribution in [1.29, 1.82) is 0 Å². The molecule has 0 amide bonds. The predicted molar refractivity (Wildman–Crippen MR) is 52.2 cm³/mol. The quantitative estimate of drug-likeness (QED) is 0.778. The number of nitrogens with zero attached hydrogens (tertiary/aromatic N) is 2. The molecule has 13 heavy (non-hydrogen) atoms. The van der Waals surface area contributed by atoms with E-state index in [-0.39, 0.29) is 28.1 Å². The predicted octanol–water partition coefficient (Wildman–Crippen LogP) is 2.15. The summed E-state index contributed by atoms with van der Waals surface area (Å²) < 4.78 is 5.29. The third-order valence-electron chi connectivity index (χ3n) is 1.15. The van der Waals surface area contributed by atoms with Gasteiger partial charge < -0.3 is 10.5 Å². The van der Waals surface area contributed by atoms with Crippen molar-refractivity contribution in [3.8, 4) is 5.75 Å². The van der Waals surface area contributed by atoms with Gasteiger partial charge in [-0.1, -0.05) is 23.2 Å². The lowest BCUT2D eigenvalue weighted by Gasteiger charge is -2.11. The van der Waals surface area contributed by atoms with Gasteiger partial charge in [0.05, 0.1) is 6.10 Å². The summed E-state index contributed by atoms with van der Waals surface area (Å²) in [6, 6.07) is 0. The second-order valence-electron chi connectivity index (χ2n) is 2.66. The van der Waals surface area contributed by atoms with Gasteiger partial charge in [0, 0.05) is 0 Å². The molecule has 0 atom stereocenters. The number of ether oxygens (including phenoxy) is 1. The monoisotopic (exact) mass is 221 g/mol. The van der Waals surface area contributed by atoms with Crippen molar-refractivity contribution in [3.05, 3.63) is 10.3 Å². The van der Waals surface area contributed by atoms with Crippen molar-refractivity contribution in [3.63, 3.8) is 0 Å². The molecule has 0 fully saturated rings. The molecule has 0 spiro atoms. The minimum atomic E-state index is -0.0396. The molecule has 1 aromatic rings. The minimum Gasteiger partial charge on any atom is -0.485 e. The van der Waals surface area contributed by atoms with Crippen LogP contribution in [0.1, 0.15) is 13.8 Å². The van der Waals surface area contributed by atoms with E-state index >= 15 is 0 Å². The highest BCUT2D eigenvalue weighted by molar-refractivity contribution is 6.35. The molecule has 0 aliphatic rings. The van der Waals surface area contributed by atoms with E-state index in [4.69, 9.17) is 33.7 Å². The van der Waals surface area contributed by atoms with Gasteiger partial charge in [-0.3, -0.25) is 0 Å². The maximum absolute atomic E-state index is 5.74. The van der Waals surface area contributed by atoms with E-state index in [9.17, 15) is 0 Å². The van der Waals surface area contributed by atoms with Gasteiger partial charge in [0.25, 0.3) is 0 Å². The largest absolute Gasteiger partial charge is 0.485 e. The minimum absolute atomic E-state index is 0.0334. The fourth-order valence-corrected chi connectivity index (χ4v) is 1.24.